The molecule has 27 heavy (non-hydrogen) atoms. The van der Waals surface area contributed by atoms with Gasteiger partial charge in [0.25, 0.3) is 0 Å². The van der Waals surface area contributed by atoms with E-state index in [-0.39, 0.29) is 30.9 Å². The number of nitrogens with zero attached hydrogens (tertiary/aromatic N) is 3. The lowest BCUT2D eigenvalue weighted by molar-refractivity contribution is -0.133. The zero-order valence-electron chi connectivity index (χ0n) is 15.9. The number of anilines is 1. The maximum absolute atomic E-state index is 13.0. The van der Waals surface area contributed by atoms with Crippen LogP contribution in [0.3, 0.4) is 0 Å². The van der Waals surface area contributed by atoms with E-state index in [1.807, 2.05) is 12.4 Å². The van der Waals surface area contributed by atoms with Crippen molar-refractivity contribution in [3.8, 4) is 0 Å². The van der Waals surface area contributed by atoms with E-state index < -0.39 is 0 Å². The topological polar surface area (TPSA) is 60.5 Å². The SMILES string of the molecule is Cc1cnccc1N1CCN(C(=O)C2CC3(CCNCC3)CN2)CC1.Cl.Cl. The molecule has 1 unspecified atom stereocenters. The molecule has 3 fully saturated rings. The van der Waals surface area contributed by atoms with Gasteiger partial charge in [0.15, 0.2) is 0 Å². The number of amides is 1. The highest BCUT2D eigenvalue weighted by atomic mass is 35.5. The highest BCUT2D eigenvalue weighted by Crippen LogP contribution is 2.37. The fourth-order valence-corrected chi connectivity index (χ4v) is 4.64. The Morgan fingerprint density at radius 1 is 1.19 bits per heavy atom. The number of pyridine rings is 1. The van der Waals surface area contributed by atoms with E-state index in [2.05, 4.69) is 38.4 Å². The average molecular weight is 416 g/mol. The zero-order chi connectivity index (χ0) is 17.3. The van der Waals surface area contributed by atoms with Crippen LogP contribution in [0.25, 0.3) is 0 Å². The lowest BCUT2D eigenvalue weighted by atomic mass is 9.77. The van der Waals surface area contributed by atoms with Crippen LogP contribution in [0.4, 0.5) is 5.69 Å². The fourth-order valence-electron chi connectivity index (χ4n) is 4.64. The third-order valence-corrected chi connectivity index (χ3v) is 6.25. The molecular formula is C19H31Cl2N5O. The first-order chi connectivity index (χ1) is 12.2. The maximum atomic E-state index is 13.0. The minimum absolute atomic E-state index is 0. The molecule has 0 aromatic carbocycles. The largest absolute Gasteiger partial charge is 0.368 e. The molecule has 8 heteroatoms. The van der Waals surface area contributed by atoms with Crippen molar-refractivity contribution < 1.29 is 4.79 Å². The normalized spacial score (nSPS) is 24.3. The van der Waals surface area contributed by atoms with Gasteiger partial charge < -0.3 is 20.4 Å². The standard InChI is InChI=1S/C19H29N5O.2ClH/c1-15-13-21-5-2-17(15)23-8-10-24(11-9-23)18(25)16-12-19(14-22-16)3-6-20-7-4-19;;/h2,5,13,16,20,22H,3-4,6-12,14H2,1H3;2*1H. The first-order valence-electron chi connectivity index (χ1n) is 9.55. The lowest BCUT2D eigenvalue weighted by Crippen LogP contribution is -2.53. The quantitative estimate of drug-likeness (QED) is 0.768. The second-order valence-corrected chi connectivity index (χ2v) is 7.86. The van der Waals surface area contributed by atoms with Crippen molar-refractivity contribution in [2.24, 2.45) is 5.41 Å². The van der Waals surface area contributed by atoms with Gasteiger partial charge in [0.05, 0.1) is 6.04 Å². The van der Waals surface area contributed by atoms with E-state index in [9.17, 15) is 4.79 Å². The molecule has 3 saturated heterocycles. The molecule has 1 aromatic heterocycles. The van der Waals surface area contributed by atoms with Gasteiger partial charge in [-0.15, -0.1) is 24.8 Å². The van der Waals surface area contributed by atoms with Gasteiger partial charge in [-0.3, -0.25) is 9.78 Å². The summed E-state index contributed by atoms with van der Waals surface area (Å²) in [6.07, 6.45) is 7.16. The van der Waals surface area contributed by atoms with Crippen LogP contribution in [-0.4, -0.2) is 67.6 Å². The second-order valence-electron chi connectivity index (χ2n) is 7.86. The van der Waals surface area contributed by atoms with E-state index in [4.69, 9.17) is 0 Å². The van der Waals surface area contributed by atoms with Crippen molar-refractivity contribution >= 4 is 36.4 Å². The summed E-state index contributed by atoms with van der Waals surface area (Å²) in [4.78, 5) is 21.6. The van der Waals surface area contributed by atoms with Crippen LogP contribution >= 0.6 is 24.8 Å². The van der Waals surface area contributed by atoms with Crippen LogP contribution in [0.15, 0.2) is 18.5 Å². The molecule has 1 amide bonds. The minimum Gasteiger partial charge on any atom is -0.368 e. The monoisotopic (exact) mass is 415 g/mol. The van der Waals surface area contributed by atoms with Crippen LogP contribution < -0.4 is 15.5 Å². The number of aryl methyl sites for hydroxylation is 1. The fraction of sp³-hybridized carbons (Fsp3) is 0.684. The van der Waals surface area contributed by atoms with Gasteiger partial charge >= 0.3 is 0 Å². The molecule has 0 bridgehead atoms. The summed E-state index contributed by atoms with van der Waals surface area (Å²) in [6.45, 7) is 8.71. The molecule has 0 saturated carbocycles. The maximum Gasteiger partial charge on any atom is 0.239 e. The molecule has 3 aliphatic heterocycles. The highest BCUT2D eigenvalue weighted by molar-refractivity contribution is 5.85. The number of hydrogen-bond acceptors (Lipinski definition) is 5. The molecule has 3 aliphatic rings. The van der Waals surface area contributed by atoms with Crippen LogP contribution in [0.2, 0.25) is 0 Å². The molecule has 0 aliphatic carbocycles. The summed E-state index contributed by atoms with van der Waals surface area (Å²) in [5.41, 5.74) is 2.80. The van der Waals surface area contributed by atoms with Gasteiger partial charge in [0.1, 0.15) is 0 Å². The van der Waals surface area contributed by atoms with Gasteiger partial charge in [-0.05, 0) is 56.3 Å². The van der Waals surface area contributed by atoms with Crippen LogP contribution in [-0.2, 0) is 4.79 Å². The predicted molar refractivity (Wildman–Crippen MR) is 113 cm³/mol. The Kier molecular flexibility index (Phi) is 7.74. The van der Waals surface area contributed by atoms with Crippen molar-refractivity contribution in [2.75, 3.05) is 50.7 Å². The molecule has 0 radical (unpaired) electrons. The molecule has 2 N–H and O–H groups in total. The van der Waals surface area contributed by atoms with Crippen molar-refractivity contribution in [1.29, 1.82) is 0 Å². The molecule has 4 rings (SSSR count). The van der Waals surface area contributed by atoms with Crippen molar-refractivity contribution in [3.63, 3.8) is 0 Å². The molecule has 1 aromatic rings. The van der Waals surface area contributed by atoms with E-state index >= 15 is 0 Å². The van der Waals surface area contributed by atoms with Crippen LogP contribution in [0, 0.1) is 12.3 Å². The molecule has 1 spiro atoms. The Bertz CT molecular complexity index is 630. The number of piperidine rings is 1. The molecular weight excluding hydrogens is 385 g/mol. The van der Waals surface area contributed by atoms with Gasteiger partial charge in [0.2, 0.25) is 5.91 Å². The Hall–Kier alpha value is -1.08. The summed E-state index contributed by atoms with van der Waals surface area (Å²) in [6, 6.07) is 2.10. The molecule has 6 nitrogen and oxygen atoms in total. The van der Waals surface area contributed by atoms with Gasteiger partial charge in [-0.2, -0.15) is 0 Å². The predicted octanol–water partition coefficient (Wildman–Crippen LogP) is 1.61. The van der Waals surface area contributed by atoms with Crippen molar-refractivity contribution in [2.45, 2.75) is 32.2 Å². The number of aromatic nitrogens is 1. The van der Waals surface area contributed by atoms with Crippen molar-refractivity contribution in [3.05, 3.63) is 24.0 Å². The number of rotatable bonds is 2. The van der Waals surface area contributed by atoms with Gasteiger partial charge in [-0.1, -0.05) is 0 Å². The van der Waals surface area contributed by atoms with Crippen molar-refractivity contribution in [1.82, 2.24) is 20.5 Å². The number of piperazine rings is 1. The van der Waals surface area contributed by atoms with E-state index in [1.165, 1.54) is 24.1 Å². The van der Waals surface area contributed by atoms with Crippen LogP contribution in [0.1, 0.15) is 24.8 Å². The van der Waals surface area contributed by atoms with Crippen LogP contribution in [0.5, 0.6) is 0 Å². The smallest absolute Gasteiger partial charge is 0.239 e. The Morgan fingerprint density at radius 3 is 2.56 bits per heavy atom. The first kappa shape index (κ1) is 22.2. The van der Waals surface area contributed by atoms with Gasteiger partial charge in [-0.25, -0.2) is 0 Å². The highest BCUT2D eigenvalue weighted by Gasteiger charge is 2.43. The van der Waals surface area contributed by atoms with E-state index in [0.29, 0.717) is 11.3 Å². The summed E-state index contributed by atoms with van der Waals surface area (Å²) in [7, 11) is 0. The van der Waals surface area contributed by atoms with E-state index in [1.54, 1.807) is 0 Å². The average Bonchev–Trinajstić information content (AvgIpc) is 3.06. The zero-order valence-corrected chi connectivity index (χ0v) is 17.6. The number of halogens is 2. The molecule has 1 atom stereocenters. The third-order valence-electron chi connectivity index (χ3n) is 6.25. The third kappa shape index (κ3) is 4.67. The summed E-state index contributed by atoms with van der Waals surface area (Å²) in [5.74, 6) is 0.307. The summed E-state index contributed by atoms with van der Waals surface area (Å²) in [5, 5.41) is 6.96. The number of carbonyl (C=O) groups is 1. The second kappa shape index (κ2) is 9.41. The summed E-state index contributed by atoms with van der Waals surface area (Å²) < 4.78 is 0. The van der Waals surface area contributed by atoms with Gasteiger partial charge in [0, 0.05) is 50.8 Å². The number of carbonyl (C=O) groups excluding carboxylic acids is 1. The molecule has 4 heterocycles. The number of hydrogen-bond donors (Lipinski definition) is 2. The number of nitrogens with one attached hydrogen (secondary N) is 2. The van der Waals surface area contributed by atoms with E-state index in [0.717, 1.165) is 52.2 Å². The Morgan fingerprint density at radius 2 is 1.89 bits per heavy atom. The molecule has 152 valence electrons. The minimum atomic E-state index is 0. The lowest BCUT2D eigenvalue weighted by Gasteiger charge is -2.38. The first-order valence-corrected chi connectivity index (χ1v) is 9.55. The Balaban J connectivity index is 0.00000131. The Labute approximate surface area is 174 Å². The summed E-state index contributed by atoms with van der Waals surface area (Å²) >= 11 is 0.